The first kappa shape index (κ1) is 14.8. The molecule has 2 rings (SSSR count). The van der Waals surface area contributed by atoms with Crippen molar-refractivity contribution in [2.24, 2.45) is 0 Å². The Morgan fingerprint density at radius 3 is 2.25 bits per heavy atom. The van der Waals surface area contributed by atoms with E-state index < -0.39 is 9.84 Å². The smallest absolute Gasteiger partial charge is 0.216 e. The molecule has 0 unspecified atom stereocenters. The second-order valence-corrected chi connectivity index (χ2v) is 7.04. The van der Waals surface area contributed by atoms with E-state index in [0.717, 1.165) is 3.57 Å². The van der Waals surface area contributed by atoms with Gasteiger partial charge in [0, 0.05) is 3.57 Å². The molecule has 0 saturated carbocycles. The van der Waals surface area contributed by atoms with Crippen LogP contribution in [0, 0.1) is 14.9 Å². The van der Waals surface area contributed by atoms with Gasteiger partial charge in [-0.2, -0.15) is 5.26 Å². The summed E-state index contributed by atoms with van der Waals surface area (Å²) in [7, 11) is -3.77. The number of halogens is 1. The monoisotopic (exact) mass is 395 g/mol. The van der Waals surface area contributed by atoms with E-state index in [9.17, 15) is 13.7 Å². The standard InChI is InChI=1S/C15H10INO2S/c16-15-9-5-4-6-12(15)10-14(11-17)20(18,19)13-7-2-1-3-8-13/h1-10H/b14-10+. The largest absolute Gasteiger partial charge is 0.218 e. The van der Waals surface area contributed by atoms with Crippen LogP contribution in [0.1, 0.15) is 5.56 Å². The van der Waals surface area contributed by atoms with Crippen molar-refractivity contribution < 1.29 is 8.42 Å². The van der Waals surface area contributed by atoms with Crippen molar-refractivity contribution in [3.63, 3.8) is 0 Å². The molecule has 0 radical (unpaired) electrons. The van der Waals surface area contributed by atoms with E-state index in [-0.39, 0.29) is 9.80 Å². The Labute approximate surface area is 131 Å². The molecule has 0 spiro atoms. The zero-order valence-corrected chi connectivity index (χ0v) is 13.3. The summed E-state index contributed by atoms with van der Waals surface area (Å²) >= 11 is 2.10. The predicted molar refractivity (Wildman–Crippen MR) is 86.4 cm³/mol. The van der Waals surface area contributed by atoms with Gasteiger partial charge in [0.25, 0.3) is 0 Å². The van der Waals surface area contributed by atoms with Crippen LogP contribution in [0.25, 0.3) is 6.08 Å². The lowest BCUT2D eigenvalue weighted by Gasteiger charge is -2.03. The molecule has 2 aromatic carbocycles. The number of nitrogens with zero attached hydrogens (tertiary/aromatic N) is 1. The van der Waals surface area contributed by atoms with Gasteiger partial charge in [-0.15, -0.1) is 0 Å². The molecule has 20 heavy (non-hydrogen) atoms. The molecule has 0 aliphatic rings. The molecule has 0 aliphatic heterocycles. The van der Waals surface area contributed by atoms with Crippen LogP contribution in [-0.4, -0.2) is 8.42 Å². The Bertz CT molecular complexity index is 790. The van der Waals surface area contributed by atoms with Crippen LogP contribution in [0.2, 0.25) is 0 Å². The molecule has 0 fully saturated rings. The quantitative estimate of drug-likeness (QED) is 0.589. The third-order valence-electron chi connectivity index (χ3n) is 2.65. The topological polar surface area (TPSA) is 57.9 Å². The van der Waals surface area contributed by atoms with Gasteiger partial charge in [-0.3, -0.25) is 0 Å². The van der Waals surface area contributed by atoms with Crippen molar-refractivity contribution in [1.29, 1.82) is 5.26 Å². The van der Waals surface area contributed by atoms with Crippen molar-refractivity contribution >= 4 is 38.5 Å². The zero-order valence-electron chi connectivity index (χ0n) is 10.3. The number of rotatable bonds is 3. The van der Waals surface area contributed by atoms with Crippen LogP contribution in [0.3, 0.4) is 0 Å². The summed E-state index contributed by atoms with van der Waals surface area (Å²) in [6, 6.07) is 17.0. The highest BCUT2D eigenvalue weighted by Crippen LogP contribution is 2.22. The number of hydrogen-bond donors (Lipinski definition) is 0. The maximum Gasteiger partial charge on any atom is 0.216 e. The summed E-state index contributed by atoms with van der Waals surface area (Å²) in [5.41, 5.74) is 0.712. The van der Waals surface area contributed by atoms with Crippen LogP contribution in [0.5, 0.6) is 0 Å². The van der Waals surface area contributed by atoms with E-state index in [0.29, 0.717) is 5.56 Å². The Morgan fingerprint density at radius 2 is 1.65 bits per heavy atom. The van der Waals surface area contributed by atoms with Crippen LogP contribution < -0.4 is 0 Å². The molecular weight excluding hydrogens is 385 g/mol. The van der Waals surface area contributed by atoms with Crippen molar-refractivity contribution in [2.45, 2.75) is 4.90 Å². The molecular formula is C15H10INO2S. The van der Waals surface area contributed by atoms with Crippen molar-refractivity contribution in [2.75, 3.05) is 0 Å². The highest BCUT2D eigenvalue weighted by molar-refractivity contribution is 14.1. The molecule has 0 aliphatic carbocycles. The number of nitriles is 1. The lowest BCUT2D eigenvalue weighted by Crippen LogP contribution is -2.03. The minimum Gasteiger partial charge on any atom is -0.218 e. The van der Waals surface area contributed by atoms with E-state index >= 15 is 0 Å². The van der Waals surface area contributed by atoms with E-state index in [4.69, 9.17) is 0 Å². The second-order valence-electron chi connectivity index (χ2n) is 3.96. The highest BCUT2D eigenvalue weighted by atomic mass is 127. The summed E-state index contributed by atoms with van der Waals surface area (Å²) in [4.78, 5) is -0.133. The van der Waals surface area contributed by atoms with Gasteiger partial charge in [0.05, 0.1) is 4.90 Å². The Balaban J connectivity index is 2.55. The SMILES string of the molecule is N#C/C(=C\c1ccccc1I)S(=O)(=O)c1ccccc1. The Kier molecular flexibility index (Phi) is 4.57. The fourth-order valence-electron chi connectivity index (χ4n) is 1.63. The molecule has 0 heterocycles. The number of hydrogen-bond acceptors (Lipinski definition) is 3. The van der Waals surface area contributed by atoms with E-state index in [1.165, 1.54) is 18.2 Å². The first-order chi connectivity index (χ1) is 9.55. The number of allylic oxidation sites excluding steroid dienone is 1. The van der Waals surface area contributed by atoms with Gasteiger partial charge in [-0.1, -0.05) is 36.4 Å². The molecule has 0 N–H and O–H groups in total. The minimum absolute atomic E-state index is 0.124. The zero-order chi connectivity index (χ0) is 14.6. The molecule has 100 valence electrons. The molecule has 5 heteroatoms. The first-order valence-corrected chi connectivity index (χ1v) is 8.28. The first-order valence-electron chi connectivity index (χ1n) is 5.72. The average molecular weight is 395 g/mol. The minimum atomic E-state index is -3.77. The van der Waals surface area contributed by atoms with Crippen LogP contribution in [-0.2, 0) is 9.84 Å². The third kappa shape index (κ3) is 3.08. The molecule has 2 aromatic rings. The molecule has 0 atom stereocenters. The second kappa shape index (κ2) is 6.20. The summed E-state index contributed by atoms with van der Waals surface area (Å²) in [6.45, 7) is 0. The number of sulfone groups is 1. The van der Waals surface area contributed by atoms with Gasteiger partial charge >= 0.3 is 0 Å². The normalized spacial score (nSPS) is 11.9. The van der Waals surface area contributed by atoms with Gasteiger partial charge in [-0.25, -0.2) is 8.42 Å². The Morgan fingerprint density at radius 1 is 1.05 bits per heavy atom. The molecule has 0 saturated heterocycles. The predicted octanol–water partition coefficient (Wildman–Crippen LogP) is 3.63. The summed E-state index contributed by atoms with van der Waals surface area (Å²) in [5, 5.41) is 9.18. The van der Waals surface area contributed by atoms with Gasteiger partial charge in [0.2, 0.25) is 9.84 Å². The van der Waals surface area contributed by atoms with Crippen LogP contribution >= 0.6 is 22.6 Å². The van der Waals surface area contributed by atoms with Crippen molar-refractivity contribution in [1.82, 2.24) is 0 Å². The van der Waals surface area contributed by atoms with Gasteiger partial charge in [0.15, 0.2) is 0 Å². The lowest BCUT2D eigenvalue weighted by molar-refractivity contribution is 0.603. The third-order valence-corrected chi connectivity index (χ3v) is 5.31. The summed E-state index contributed by atoms with van der Waals surface area (Å²) < 4.78 is 25.7. The van der Waals surface area contributed by atoms with Crippen molar-refractivity contribution in [3.8, 4) is 6.07 Å². The maximum absolute atomic E-state index is 12.4. The maximum atomic E-state index is 12.4. The van der Waals surface area contributed by atoms with E-state index in [2.05, 4.69) is 22.6 Å². The fourth-order valence-corrected chi connectivity index (χ4v) is 3.34. The van der Waals surface area contributed by atoms with Crippen LogP contribution in [0.15, 0.2) is 64.4 Å². The fraction of sp³-hybridized carbons (Fsp3) is 0. The Hall–Kier alpha value is -1.65. The summed E-state index contributed by atoms with van der Waals surface area (Å²) in [6.07, 6.45) is 1.41. The molecule has 3 nitrogen and oxygen atoms in total. The summed E-state index contributed by atoms with van der Waals surface area (Å²) in [5.74, 6) is 0. The van der Waals surface area contributed by atoms with Gasteiger partial charge in [-0.05, 0) is 52.4 Å². The molecule has 0 aromatic heterocycles. The van der Waals surface area contributed by atoms with E-state index in [1.807, 2.05) is 12.1 Å². The van der Waals surface area contributed by atoms with Gasteiger partial charge < -0.3 is 0 Å². The lowest BCUT2D eigenvalue weighted by atomic mass is 10.2. The molecule has 0 amide bonds. The highest BCUT2D eigenvalue weighted by Gasteiger charge is 2.20. The van der Waals surface area contributed by atoms with Crippen molar-refractivity contribution in [3.05, 3.63) is 68.6 Å². The van der Waals surface area contributed by atoms with Crippen LogP contribution in [0.4, 0.5) is 0 Å². The average Bonchev–Trinajstić information content (AvgIpc) is 2.47. The number of benzene rings is 2. The van der Waals surface area contributed by atoms with Gasteiger partial charge in [0.1, 0.15) is 11.0 Å². The van der Waals surface area contributed by atoms with E-state index in [1.54, 1.807) is 36.4 Å². The molecule has 0 bridgehead atoms.